The second kappa shape index (κ2) is 5.18. The van der Waals surface area contributed by atoms with Gasteiger partial charge >= 0.3 is 5.97 Å². The molecule has 1 aromatic carbocycles. The molecule has 1 aliphatic heterocycles. The molecule has 0 radical (unpaired) electrons. The standard InChI is InChI=1S/C12H10ClNO4/c13-9-3-1-2-8(6-9)7-12(17)18-14-10(15)4-5-11(14)16/h1-3,6H,4-5,7H2. The molecule has 0 spiro atoms. The van der Waals surface area contributed by atoms with Gasteiger partial charge in [0.25, 0.3) is 11.8 Å². The Hall–Kier alpha value is -1.88. The summed E-state index contributed by atoms with van der Waals surface area (Å²) in [4.78, 5) is 38.8. The topological polar surface area (TPSA) is 63.7 Å². The zero-order chi connectivity index (χ0) is 13.1. The van der Waals surface area contributed by atoms with Crippen LogP contribution in [0.5, 0.6) is 0 Å². The Morgan fingerprint density at radius 1 is 1.28 bits per heavy atom. The van der Waals surface area contributed by atoms with E-state index < -0.39 is 17.8 Å². The third-order valence-electron chi connectivity index (χ3n) is 2.44. The van der Waals surface area contributed by atoms with E-state index in [-0.39, 0.29) is 19.3 Å². The first-order valence-corrected chi connectivity index (χ1v) is 5.75. The van der Waals surface area contributed by atoms with Gasteiger partial charge in [-0.15, -0.1) is 5.06 Å². The zero-order valence-electron chi connectivity index (χ0n) is 9.39. The van der Waals surface area contributed by atoms with Crippen LogP contribution in [-0.4, -0.2) is 22.8 Å². The van der Waals surface area contributed by atoms with Crippen molar-refractivity contribution in [1.29, 1.82) is 0 Å². The maximum Gasteiger partial charge on any atom is 0.337 e. The molecule has 0 saturated carbocycles. The Balaban J connectivity index is 1.97. The first-order chi connectivity index (χ1) is 8.56. The number of imide groups is 1. The minimum Gasteiger partial charge on any atom is -0.330 e. The lowest BCUT2D eigenvalue weighted by atomic mass is 10.2. The van der Waals surface area contributed by atoms with Crippen LogP contribution in [0.2, 0.25) is 5.02 Å². The minimum absolute atomic E-state index is 0.0440. The van der Waals surface area contributed by atoms with Gasteiger partial charge in [-0.25, -0.2) is 4.79 Å². The van der Waals surface area contributed by atoms with Crippen molar-refractivity contribution < 1.29 is 19.2 Å². The number of hydroxylamine groups is 2. The van der Waals surface area contributed by atoms with Gasteiger partial charge < -0.3 is 4.84 Å². The average Bonchev–Trinajstić information content (AvgIpc) is 2.61. The first kappa shape index (κ1) is 12.6. The summed E-state index contributed by atoms with van der Waals surface area (Å²) in [5, 5.41) is 1.04. The van der Waals surface area contributed by atoms with E-state index in [1.165, 1.54) is 0 Å². The smallest absolute Gasteiger partial charge is 0.330 e. The summed E-state index contributed by atoms with van der Waals surface area (Å²) in [6.45, 7) is 0. The van der Waals surface area contributed by atoms with Gasteiger partial charge in [0.2, 0.25) is 0 Å². The number of benzene rings is 1. The largest absolute Gasteiger partial charge is 0.337 e. The summed E-state index contributed by atoms with van der Waals surface area (Å²) in [6.07, 6.45) is 0.129. The highest BCUT2D eigenvalue weighted by Crippen LogP contribution is 2.14. The van der Waals surface area contributed by atoms with Crippen molar-refractivity contribution in [2.45, 2.75) is 19.3 Å². The lowest BCUT2D eigenvalue weighted by Gasteiger charge is -2.12. The fourth-order valence-corrected chi connectivity index (χ4v) is 1.82. The molecule has 6 heteroatoms. The molecule has 2 amide bonds. The lowest BCUT2D eigenvalue weighted by molar-refractivity contribution is -0.197. The number of carbonyl (C=O) groups is 3. The number of halogens is 1. The van der Waals surface area contributed by atoms with Gasteiger partial charge in [-0.05, 0) is 17.7 Å². The van der Waals surface area contributed by atoms with Gasteiger partial charge in [0.1, 0.15) is 0 Å². The fourth-order valence-electron chi connectivity index (χ4n) is 1.61. The van der Waals surface area contributed by atoms with Gasteiger partial charge in [0.15, 0.2) is 0 Å². The van der Waals surface area contributed by atoms with Crippen LogP contribution in [0, 0.1) is 0 Å². The molecule has 1 aromatic rings. The van der Waals surface area contributed by atoms with Crippen molar-refractivity contribution in [3.8, 4) is 0 Å². The van der Waals surface area contributed by atoms with Gasteiger partial charge in [-0.2, -0.15) is 0 Å². The Morgan fingerprint density at radius 3 is 2.56 bits per heavy atom. The third-order valence-corrected chi connectivity index (χ3v) is 2.67. The Labute approximate surface area is 108 Å². The van der Waals surface area contributed by atoms with E-state index in [1.807, 2.05) is 0 Å². The van der Waals surface area contributed by atoms with Crippen LogP contribution in [-0.2, 0) is 25.6 Å². The molecule has 0 unspecified atom stereocenters. The van der Waals surface area contributed by atoms with Crippen LogP contribution in [0.15, 0.2) is 24.3 Å². The zero-order valence-corrected chi connectivity index (χ0v) is 10.1. The summed E-state index contributed by atoms with van der Waals surface area (Å²) >= 11 is 5.77. The fraction of sp³-hybridized carbons (Fsp3) is 0.250. The SMILES string of the molecule is O=C(Cc1cccc(Cl)c1)ON1C(=O)CCC1=O. The molecule has 2 rings (SSSR count). The highest BCUT2D eigenvalue weighted by atomic mass is 35.5. The van der Waals surface area contributed by atoms with Gasteiger partial charge in [-0.3, -0.25) is 9.59 Å². The monoisotopic (exact) mass is 267 g/mol. The molecule has 1 saturated heterocycles. The molecule has 18 heavy (non-hydrogen) atoms. The van der Waals surface area contributed by atoms with Crippen LogP contribution in [0.4, 0.5) is 0 Å². The van der Waals surface area contributed by atoms with Crippen LogP contribution in [0.3, 0.4) is 0 Å². The van der Waals surface area contributed by atoms with E-state index in [2.05, 4.69) is 0 Å². The minimum atomic E-state index is -0.666. The lowest BCUT2D eigenvalue weighted by Crippen LogP contribution is -2.32. The summed E-state index contributed by atoms with van der Waals surface area (Å²) in [6, 6.07) is 6.72. The average molecular weight is 268 g/mol. The molecule has 0 aliphatic carbocycles. The number of carbonyl (C=O) groups excluding carboxylic acids is 3. The first-order valence-electron chi connectivity index (χ1n) is 5.37. The van der Waals surface area contributed by atoms with Gasteiger partial charge in [0, 0.05) is 17.9 Å². The molecule has 94 valence electrons. The third kappa shape index (κ3) is 2.87. The van der Waals surface area contributed by atoms with Crippen molar-refractivity contribution in [2.75, 3.05) is 0 Å². The maximum absolute atomic E-state index is 11.6. The van der Waals surface area contributed by atoms with Crippen molar-refractivity contribution in [3.05, 3.63) is 34.9 Å². The van der Waals surface area contributed by atoms with E-state index in [0.29, 0.717) is 15.6 Å². The van der Waals surface area contributed by atoms with Crippen molar-refractivity contribution in [3.63, 3.8) is 0 Å². The van der Waals surface area contributed by atoms with Crippen LogP contribution < -0.4 is 0 Å². The maximum atomic E-state index is 11.6. The highest BCUT2D eigenvalue weighted by molar-refractivity contribution is 6.30. The van der Waals surface area contributed by atoms with Crippen LogP contribution in [0.1, 0.15) is 18.4 Å². The summed E-state index contributed by atoms with van der Waals surface area (Å²) in [7, 11) is 0. The molecule has 1 fully saturated rings. The second-order valence-electron chi connectivity index (χ2n) is 3.85. The number of nitrogens with zero attached hydrogens (tertiary/aromatic N) is 1. The molecular weight excluding hydrogens is 258 g/mol. The van der Waals surface area contributed by atoms with E-state index in [0.717, 1.165) is 0 Å². The number of hydrogen-bond donors (Lipinski definition) is 0. The van der Waals surface area contributed by atoms with E-state index in [4.69, 9.17) is 16.4 Å². The summed E-state index contributed by atoms with van der Waals surface area (Å²) in [5.41, 5.74) is 0.659. The molecule has 1 heterocycles. The second-order valence-corrected chi connectivity index (χ2v) is 4.29. The molecule has 5 nitrogen and oxygen atoms in total. The predicted octanol–water partition coefficient (Wildman–Crippen LogP) is 1.49. The summed E-state index contributed by atoms with van der Waals surface area (Å²) in [5.74, 6) is -1.64. The molecule has 0 aromatic heterocycles. The van der Waals surface area contributed by atoms with Gasteiger partial charge in [-0.1, -0.05) is 23.7 Å². The van der Waals surface area contributed by atoms with E-state index >= 15 is 0 Å². The predicted molar refractivity (Wildman–Crippen MR) is 62.3 cm³/mol. The van der Waals surface area contributed by atoms with Crippen LogP contribution in [0.25, 0.3) is 0 Å². The Bertz CT molecular complexity index is 499. The molecular formula is C12H10ClNO4. The molecule has 0 N–H and O–H groups in total. The van der Waals surface area contributed by atoms with Crippen molar-refractivity contribution >= 4 is 29.4 Å². The number of hydrogen-bond acceptors (Lipinski definition) is 4. The Kier molecular flexibility index (Phi) is 3.62. The number of amides is 2. The quantitative estimate of drug-likeness (QED) is 0.779. The van der Waals surface area contributed by atoms with E-state index in [9.17, 15) is 14.4 Å². The van der Waals surface area contributed by atoms with Crippen molar-refractivity contribution in [2.24, 2.45) is 0 Å². The van der Waals surface area contributed by atoms with Gasteiger partial charge in [0.05, 0.1) is 6.42 Å². The number of rotatable bonds is 3. The summed E-state index contributed by atoms with van der Waals surface area (Å²) < 4.78 is 0. The highest BCUT2D eigenvalue weighted by Gasteiger charge is 2.32. The molecule has 0 bridgehead atoms. The Morgan fingerprint density at radius 2 is 1.94 bits per heavy atom. The van der Waals surface area contributed by atoms with Crippen molar-refractivity contribution in [1.82, 2.24) is 5.06 Å². The van der Waals surface area contributed by atoms with Crippen LogP contribution >= 0.6 is 11.6 Å². The molecule has 0 atom stereocenters. The normalized spacial score (nSPS) is 15.1. The molecule has 1 aliphatic rings. The van der Waals surface area contributed by atoms with E-state index in [1.54, 1.807) is 24.3 Å².